The van der Waals surface area contributed by atoms with Crippen molar-refractivity contribution in [3.63, 3.8) is 0 Å². The summed E-state index contributed by atoms with van der Waals surface area (Å²) in [6, 6.07) is 19.9. The molecule has 0 spiro atoms. The molecule has 0 bridgehead atoms. The smallest absolute Gasteiger partial charge is 0.254 e. The maximum atomic E-state index is 13.2. The molecule has 0 fully saturated rings. The number of carbonyl (C=O) groups is 1. The molecule has 0 aliphatic heterocycles. The first-order chi connectivity index (χ1) is 14.6. The molecule has 1 aromatic heterocycles. The summed E-state index contributed by atoms with van der Waals surface area (Å²) in [5.74, 6) is 0.0208. The van der Waals surface area contributed by atoms with Crippen LogP contribution in [0.15, 0.2) is 79.5 Å². The molecular formula is C26H29ClN2O. The summed E-state index contributed by atoms with van der Waals surface area (Å²) in [6.45, 7) is 7.76. The number of benzene rings is 2. The topological polar surface area (TPSA) is 25.2 Å². The summed E-state index contributed by atoms with van der Waals surface area (Å²) in [6.07, 6.45) is 7.20. The Labute approximate surface area is 184 Å². The highest BCUT2D eigenvalue weighted by Gasteiger charge is 2.17. The fraction of sp³-hybridized carbons (Fsp3) is 0.269. The second kappa shape index (κ2) is 10.8. The number of hydrogen-bond donors (Lipinski definition) is 0. The molecule has 0 saturated heterocycles. The Hall–Kier alpha value is -2.78. The number of unbranched alkanes of at least 4 members (excludes halogenated alkanes) is 1. The van der Waals surface area contributed by atoms with Crippen LogP contribution in [0.3, 0.4) is 0 Å². The van der Waals surface area contributed by atoms with Gasteiger partial charge in [0.1, 0.15) is 0 Å². The van der Waals surface area contributed by atoms with Gasteiger partial charge in [0.25, 0.3) is 5.91 Å². The minimum Gasteiger partial charge on any atom is -0.345 e. The fourth-order valence-electron chi connectivity index (χ4n) is 3.53. The molecule has 3 nitrogen and oxygen atoms in total. The SMILES string of the molecule is C=CCN(Cc1cccn1Cc1cccc(Cl)c1)C(=O)c1ccc(CCCC)cc1. The molecular weight excluding hydrogens is 392 g/mol. The number of halogens is 1. The summed E-state index contributed by atoms with van der Waals surface area (Å²) in [5, 5.41) is 0.729. The van der Waals surface area contributed by atoms with Gasteiger partial charge in [0.2, 0.25) is 0 Å². The van der Waals surface area contributed by atoms with Crippen molar-refractivity contribution in [1.29, 1.82) is 0 Å². The monoisotopic (exact) mass is 420 g/mol. The lowest BCUT2D eigenvalue weighted by Crippen LogP contribution is -2.31. The number of rotatable bonds is 10. The third-order valence-electron chi connectivity index (χ3n) is 5.17. The van der Waals surface area contributed by atoms with E-state index in [4.69, 9.17) is 11.6 Å². The van der Waals surface area contributed by atoms with E-state index in [1.165, 1.54) is 18.4 Å². The van der Waals surface area contributed by atoms with Crippen molar-refractivity contribution in [3.8, 4) is 0 Å². The van der Waals surface area contributed by atoms with Crippen LogP contribution in [0, 0.1) is 0 Å². The molecule has 3 rings (SSSR count). The van der Waals surface area contributed by atoms with Gasteiger partial charge in [0, 0.05) is 35.6 Å². The predicted octanol–water partition coefficient (Wildman–Crippen LogP) is 6.36. The van der Waals surface area contributed by atoms with Crippen LogP contribution in [-0.4, -0.2) is 21.9 Å². The van der Waals surface area contributed by atoms with Crippen molar-refractivity contribution in [2.45, 2.75) is 39.3 Å². The van der Waals surface area contributed by atoms with Gasteiger partial charge in [-0.15, -0.1) is 6.58 Å². The van der Waals surface area contributed by atoms with Crippen molar-refractivity contribution in [2.24, 2.45) is 0 Å². The van der Waals surface area contributed by atoms with Gasteiger partial charge in [-0.1, -0.05) is 55.3 Å². The van der Waals surface area contributed by atoms with Gasteiger partial charge in [-0.25, -0.2) is 0 Å². The standard InChI is InChI=1S/C26H29ClN2O/c1-3-5-8-21-12-14-23(15-13-21)26(30)29(16-4-2)20-25-11-7-17-28(25)19-22-9-6-10-24(27)18-22/h4,6-7,9-15,17-18H,2-3,5,8,16,19-20H2,1H3. The Morgan fingerprint density at radius 1 is 1.10 bits per heavy atom. The van der Waals surface area contributed by atoms with E-state index in [-0.39, 0.29) is 5.91 Å². The van der Waals surface area contributed by atoms with E-state index in [9.17, 15) is 4.79 Å². The van der Waals surface area contributed by atoms with Gasteiger partial charge >= 0.3 is 0 Å². The lowest BCUT2D eigenvalue weighted by molar-refractivity contribution is 0.0759. The molecule has 0 aliphatic rings. The molecule has 0 radical (unpaired) electrons. The fourth-order valence-corrected chi connectivity index (χ4v) is 3.74. The predicted molar refractivity (Wildman–Crippen MR) is 125 cm³/mol. The molecule has 30 heavy (non-hydrogen) atoms. The van der Waals surface area contributed by atoms with Crippen LogP contribution >= 0.6 is 11.6 Å². The van der Waals surface area contributed by atoms with Gasteiger partial charge in [-0.2, -0.15) is 0 Å². The Morgan fingerprint density at radius 2 is 1.90 bits per heavy atom. The Morgan fingerprint density at radius 3 is 2.60 bits per heavy atom. The third-order valence-corrected chi connectivity index (χ3v) is 5.41. The zero-order valence-electron chi connectivity index (χ0n) is 17.6. The lowest BCUT2D eigenvalue weighted by Gasteiger charge is -2.22. The summed E-state index contributed by atoms with van der Waals surface area (Å²) < 4.78 is 2.16. The number of carbonyl (C=O) groups excluding carboxylic acids is 1. The first-order valence-electron chi connectivity index (χ1n) is 10.5. The van der Waals surface area contributed by atoms with Crippen LogP contribution in [0.2, 0.25) is 5.02 Å². The normalized spacial score (nSPS) is 10.7. The maximum absolute atomic E-state index is 13.2. The van der Waals surface area contributed by atoms with Gasteiger partial charge in [0.05, 0.1) is 6.54 Å². The van der Waals surface area contributed by atoms with Crippen molar-refractivity contribution >= 4 is 17.5 Å². The number of aryl methyl sites for hydroxylation is 1. The molecule has 0 unspecified atom stereocenters. The largest absolute Gasteiger partial charge is 0.345 e. The molecule has 1 amide bonds. The highest BCUT2D eigenvalue weighted by atomic mass is 35.5. The second-order valence-electron chi connectivity index (χ2n) is 7.53. The zero-order chi connectivity index (χ0) is 21.3. The van der Waals surface area contributed by atoms with Crippen molar-refractivity contribution < 1.29 is 4.79 Å². The average Bonchev–Trinajstić information content (AvgIpc) is 3.18. The first kappa shape index (κ1) is 21.9. The van der Waals surface area contributed by atoms with E-state index in [1.54, 1.807) is 6.08 Å². The first-order valence-corrected chi connectivity index (χ1v) is 10.9. The van der Waals surface area contributed by atoms with Crippen LogP contribution in [0.1, 0.15) is 46.9 Å². The van der Waals surface area contributed by atoms with E-state index < -0.39 is 0 Å². The van der Waals surface area contributed by atoms with Crippen molar-refractivity contribution in [2.75, 3.05) is 6.54 Å². The highest BCUT2D eigenvalue weighted by Crippen LogP contribution is 2.16. The number of nitrogens with zero attached hydrogens (tertiary/aromatic N) is 2. The summed E-state index contributed by atoms with van der Waals surface area (Å²) in [5.41, 5.74) is 4.19. The number of aromatic nitrogens is 1. The molecule has 0 atom stereocenters. The number of amides is 1. The van der Waals surface area contributed by atoms with Gasteiger partial charge in [0.15, 0.2) is 0 Å². The third kappa shape index (κ3) is 5.87. The van der Waals surface area contributed by atoms with Gasteiger partial charge < -0.3 is 9.47 Å². The lowest BCUT2D eigenvalue weighted by atomic mass is 10.1. The Balaban J connectivity index is 1.73. The summed E-state index contributed by atoms with van der Waals surface area (Å²) >= 11 is 6.13. The molecule has 156 valence electrons. The molecule has 4 heteroatoms. The van der Waals surface area contributed by atoms with Crippen LogP contribution in [-0.2, 0) is 19.5 Å². The van der Waals surface area contributed by atoms with Crippen LogP contribution in [0.4, 0.5) is 0 Å². The molecule has 3 aromatic rings. The van der Waals surface area contributed by atoms with Crippen molar-refractivity contribution in [1.82, 2.24) is 9.47 Å². The Bertz CT molecular complexity index is 975. The second-order valence-corrected chi connectivity index (χ2v) is 7.97. The van der Waals surface area contributed by atoms with Crippen LogP contribution in [0.25, 0.3) is 0 Å². The zero-order valence-corrected chi connectivity index (χ0v) is 18.3. The van der Waals surface area contributed by atoms with Crippen molar-refractivity contribution in [3.05, 3.63) is 107 Å². The van der Waals surface area contributed by atoms with Crippen LogP contribution in [0.5, 0.6) is 0 Å². The molecule has 1 heterocycles. The van der Waals surface area contributed by atoms with Gasteiger partial charge in [-0.3, -0.25) is 4.79 Å². The van der Waals surface area contributed by atoms with Gasteiger partial charge in [-0.05, 0) is 60.4 Å². The van der Waals surface area contributed by atoms with Crippen LogP contribution < -0.4 is 0 Å². The minimum absolute atomic E-state index is 0.0208. The Kier molecular flexibility index (Phi) is 7.92. The molecule has 0 N–H and O–H groups in total. The molecule has 0 saturated carbocycles. The highest BCUT2D eigenvalue weighted by molar-refractivity contribution is 6.30. The minimum atomic E-state index is 0.0208. The molecule has 2 aromatic carbocycles. The summed E-state index contributed by atoms with van der Waals surface area (Å²) in [4.78, 5) is 15.0. The summed E-state index contributed by atoms with van der Waals surface area (Å²) in [7, 11) is 0. The average molecular weight is 421 g/mol. The quantitative estimate of drug-likeness (QED) is 0.350. The maximum Gasteiger partial charge on any atom is 0.254 e. The van der Waals surface area contributed by atoms with E-state index in [2.05, 4.69) is 42.3 Å². The molecule has 0 aliphatic carbocycles. The van der Waals surface area contributed by atoms with E-state index in [1.807, 2.05) is 47.5 Å². The van der Waals surface area contributed by atoms with E-state index in [0.717, 1.165) is 22.7 Å². The number of hydrogen-bond acceptors (Lipinski definition) is 1. The van der Waals surface area contributed by atoms with E-state index >= 15 is 0 Å². The van der Waals surface area contributed by atoms with E-state index in [0.29, 0.717) is 25.2 Å².